The molecule has 0 bridgehead atoms. The molecule has 0 radical (unpaired) electrons. The Bertz CT molecular complexity index is 1480. The smallest absolute Gasteiger partial charge is 0.331 e. The number of nitrogens with one attached hydrogen (secondary N) is 1. The van der Waals surface area contributed by atoms with Crippen molar-refractivity contribution in [1.29, 1.82) is 0 Å². The van der Waals surface area contributed by atoms with Crippen molar-refractivity contribution < 1.29 is 9.53 Å². The molecule has 1 saturated carbocycles. The predicted octanol–water partition coefficient (Wildman–Crippen LogP) is 5.86. The quantitative estimate of drug-likeness (QED) is 0.256. The van der Waals surface area contributed by atoms with Gasteiger partial charge >= 0.3 is 5.97 Å². The van der Waals surface area contributed by atoms with Crippen LogP contribution in [0.25, 0.3) is 22.6 Å². The van der Waals surface area contributed by atoms with Crippen LogP contribution in [0.2, 0.25) is 0 Å². The molecular weight excluding hydrogens is 516 g/mol. The Morgan fingerprint density at radius 3 is 2.49 bits per heavy atom. The molecule has 41 heavy (non-hydrogen) atoms. The number of carbonyl (C=O) groups excluding carboxylic acids is 1. The van der Waals surface area contributed by atoms with Crippen molar-refractivity contribution in [2.45, 2.75) is 111 Å². The number of anilines is 1. The van der Waals surface area contributed by atoms with Gasteiger partial charge in [0.25, 0.3) is 0 Å². The molecule has 1 fully saturated rings. The van der Waals surface area contributed by atoms with Crippen LogP contribution in [0.1, 0.15) is 85.9 Å². The molecule has 2 atom stereocenters. The number of esters is 1. The number of aromatic nitrogens is 6. The van der Waals surface area contributed by atoms with Gasteiger partial charge in [-0.1, -0.05) is 12.5 Å². The second-order valence-corrected chi connectivity index (χ2v) is 12.2. The second-order valence-electron chi connectivity index (χ2n) is 12.2. The zero-order valence-corrected chi connectivity index (χ0v) is 25.4. The number of imidazole rings is 1. The molecule has 1 N–H and O–H groups in total. The third kappa shape index (κ3) is 6.47. The van der Waals surface area contributed by atoms with Crippen molar-refractivity contribution in [2.75, 3.05) is 5.32 Å². The van der Waals surface area contributed by atoms with E-state index in [1.165, 1.54) is 11.1 Å². The van der Waals surface area contributed by atoms with Crippen molar-refractivity contribution in [3.63, 3.8) is 0 Å². The minimum absolute atomic E-state index is 0.162. The van der Waals surface area contributed by atoms with Crippen LogP contribution in [0.3, 0.4) is 0 Å². The largest absolute Gasteiger partial charge is 0.458 e. The van der Waals surface area contributed by atoms with E-state index in [1.807, 2.05) is 34.6 Å². The summed E-state index contributed by atoms with van der Waals surface area (Å²) in [4.78, 5) is 40.9. The van der Waals surface area contributed by atoms with Gasteiger partial charge in [0.1, 0.15) is 29.6 Å². The fraction of sp³-hybridized carbons (Fsp3) is 0.581. The van der Waals surface area contributed by atoms with Gasteiger partial charge < -0.3 is 14.6 Å². The van der Waals surface area contributed by atoms with Crippen molar-refractivity contribution >= 4 is 28.7 Å². The summed E-state index contributed by atoms with van der Waals surface area (Å²) in [7, 11) is 0. The number of ether oxygens (including phenoxy) is 1. The summed E-state index contributed by atoms with van der Waals surface area (Å²) < 4.78 is 7.78. The molecule has 3 heterocycles. The van der Waals surface area contributed by atoms with E-state index in [1.54, 1.807) is 18.7 Å². The predicted molar refractivity (Wildman–Crippen MR) is 161 cm³/mol. The fourth-order valence-electron chi connectivity index (χ4n) is 5.41. The van der Waals surface area contributed by atoms with Gasteiger partial charge in [0.05, 0.1) is 5.56 Å². The molecule has 0 amide bonds. The Hall–Kier alpha value is -3.69. The standard InChI is InChI=1S/C31H42N8O2/c1-8-24(30(40)41-31(5,6)7)37-25(20-11-12-20)23-14-22(13-10-18(23)3)36-27-26-29(35-17-34-27)39(9-2)28(38-26)21-15-32-19(4)33-16-21/h15-17,20,22,24H,8-14H2,1-7H3,(H,34,35,36). The summed E-state index contributed by atoms with van der Waals surface area (Å²) in [5.74, 6) is 2.40. The molecule has 0 aromatic carbocycles. The molecule has 5 rings (SSSR count). The molecule has 2 unspecified atom stereocenters. The summed E-state index contributed by atoms with van der Waals surface area (Å²) >= 11 is 0. The van der Waals surface area contributed by atoms with E-state index in [9.17, 15) is 4.79 Å². The molecular formula is C31H42N8O2. The average molecular weight is 559 g/mol. The molecule has 2 aliphatic rings. The highest BCUT2D eigenvalue weighted by Crippen LogP contribution is 2.39. The van der Waals surface area contributed by atoms with E-state index >= 15 is 0 Å². The minimum Gasteiger partial charge on any atom is -0.458 e. The fourth-order valence-corrected chi connectivity index (χ4v) is 5.41. The van der Waals surface area contributed by atoms with E-state index in [4.69, 9.17) is 14.7 Å². The van der Waals surface area contributed by atoms with Gasteiger partial charge in [-0.25, -0.2) is 29.7 Å². The first-order valence-corrected chi connectivity index (χ1v) is 14.8. The lowest BCUT2D eigenvalue weighted by atomic mass is 9.85. The number of carbonyl (C=O) groups is 1. The highest BCUT2D eigenvalue weighted by Gasteiger charge is 2.35. The Labute approximate surface area is 242 Å². The van der Waals surface area contributed by atoms with Crippen molar-refractivity contribution in [2.24, 2.45) is 10.9 Å². The minimum atomic E-state index is -0.533. The maximum Gasteiger partial charge on any atom is 0.331 e. The van der Waals surface area contributed by atoms with E-state index in [0.29, 0.717) is 18.9 Å². The number of allylic oxidation sites excluding steroid dienone is 1. The van der Waals surface area contributed by atoms with E-state index in [-0.39, 0.29) is 12.0 Å². The first-order chi connectivity index (χ1) is 19.6. The van der Waals surface area contributed by atoms with Gasteiger partial charge in [-0.05, 0) is 85.6 Å². The molecule has 3 aromatic rings. The topological polar surface area (TPSA) is 120 Å². The lowest BCUT2D eigenvalue weighted by molar-refractivity contribution is -0.156. The molecule has 3 aromatic heterocycles. The highest BCUT2D eigenvalue weighted by molar-refractivity contribution is 6.05. The summed E-state index contributed by atoms with van der Waals surface area (Å²) in [5.41, 5.74) is 5.57. The molecule has 10 heteroatoms. The van der Waals surface area contributed by atoms with Crippen LogP contribution < -0.4 is 5.32 Å². The number of hydrogen-bond acceptors (Lipinski definition) is 9. The lowest BCUT2D eigenvalue weighted by Gasteiger charge is -2.29. The summed E-state index contributed by atoms with van der Waals surface area (Å²) in [6, 6.07) is -0.322. The normalized spacial score (nSPS) is 19.0. The maximum atomic E-state index is 12.9. The van der Waals surface area contributed by atoms with Crippen LogP contribution in [0, 0.1) is 12.8 Å². The lowest BCUT2D eigenvalue weighted by Crippen LogP contribution is -2.32. The molecule has 0 spiro atoms. The molecule has 10 nitrogen and oxygen atoms in total. The third-order valence-electron chi connectivity index (χ3n) is 7.70. The van der Waals surface area contributed by atoms with E-state index in [0.717, 1.165) is 72.0 Å². The Morgan fingerprint density at radius 2 is 1.85 bits per heavy atom. The van der Waals surface area contributed by atoms with Crippen LogP contribution in [0.4, 0.5) is 5.82 Å². The first kappa shape index (κ1) is 28.8. The van der Waals surface area contributed by atoms with Crippen LogP contribution in [-0.4, -0.2) is 58.9 Å². The molecule has 0 aliphatic heterocycles. The van der Waals surface area contributed by atoms with Gasteiger partial charge in [-0.15, -0.1) is 0 Å². The first-order valence-electron chi connectivity index (χ1n) is 14.8. The highest BCUT2D eigenvalue weighted by atomic mass is 16.6. The van der Waals surface area contributed by atoms with Gasteiger partial charge in [-0.2, -0.15) is 0 Å². The zero-order valence-electron chi connectivity index (χ0n) is 25.4. The number of fused-ring (bicyclic) bond motifs is 1. The van der Waals surface area contributed by atoms with Crippen LogP contribution in [-0.2, 0) is 16.1 Å². The summed E-state index contributed by atoms with van der Waals surface area (Å²) in [6.07, 6.45) is 10.8. The SMILES string of the molecule is CCC(N=C(C1=C(C)CCC(Nc2ncnc3c2nc(-c2cnc(C)nc2)n3CC)C1)C1CC1)C(=O)OC(C)(C)C. The number of hydrogen-bond donors (Lipinski definition) is 1. The van der Waals surface area contributed by atoms with Gasteiger partial charge in [0, 0.05) is 36.6 Å². The number of aryl methyl sites for hydroxylation is 2. The van der Waals surface area contributed by atoms with Crippen LogP contribution in [0.15, 0.2) is 34.9 Å². The Kier molecular flexibility index (Phi) is 8.20. The third-order valence-corrected chi connectivity index (χ3v) is 7.70. The van der Waals surface area contributed by atoms with Crippen molar-refractivity contribution in [1.82, 2.24) is 29.5 Å². The monoisotopic (exact) mass is 558 g/mol. The number of rotatable bonds is 9. The number of nitrogens with zero attached hydrogens (tertiary/aromatic N) is 7. The van der Waals surface area contributed by atoms with E-state index in [2.05, 4.69) is 43.7 Å². The maximum absolute atomic E-state index is 12.9. The second kappa shape index (κ2) is 11.7. The molecule has 0 saturated heterocycles. The Morgan fingerprint density at radius 1 is 1.12 bits per heavy atom. The van der Waals surface area contributed by atoms with Crippen LogP contribution >= 0.6 is 0 Å². The zero-order chi connectivity index (χ0) is 29.3. The van der Waals surface area contributed by atoms with Crippen LogP contribution in [0.5, 0.6) is 0 Å². The Balaban J connectivity index is 1.42. The van der Waals surface area contributed by atoms with E-state index < -0.39 is 11.6 Å². The number of aliphatic imine (C=N–C) groups is 1. The molecule has 2 aliphatic carbocycles. The van der Waals surface area contributed by atoms with Gasteiger partial charge in [-0.3, -0.25) is 4.99 Å². The summed E-state index contributed by atoms with van der Waals surface area (Å²) in [6.45, 7) is 14.6. The van der Waals surface area contributed by atoms with Crippen molar-refractivity contribution in [3.05, 3.63) is 35.7 Å². The van der Waals surface area contributed by atoms with Gasteiger partial charge in [0.2, 0.25) is 0 Å². The molecule has 218 valence electrons. The average Bonchev–Trinajstić information content (AvgIpc) is 3.69. The van der Waals surface area contributed by atoms with Gasteiger partial charge in [0.15, 0.2) is 17.0 Å². The summed E-state index contributed by atoms with van der Waals surface area (Å²) in [5, 5.41) is 3.70. The van der Waals surface area contributed by atoms with Crippen molar-refractivity contribution in [3.8, 4) is 11.4 Å².